The van der Waals surface area contributed by atoms with E-state index in [1.54, 1.807) is 4.90 Å². The fourth-order valence-electron chi connectivity index (χ4n) is 2.85. The van der Waals surface area contributed by atoms with E-state index < -0.39 is 23.5 Å². The van der Waals surface area contributed by atoms with Crippen molar-refractivity contribution in [2.24, 2.45) is 0 Å². The van der Waals surface area contributed by atoms with Crippen molar-refractivity contribution in [2.75, 3.05) is 18.0 Å². The summed E-state index contributed by atoms with van der Waals surface area (Å²) in [6.07, 6.45) is -4.13. The maximum absolute atomic E-state index is 14.1. The Morgan fingerprint density at radius 3 is 2.42 bits per heavy atom. The second-order valence-corrected chi connectivity index (χ2v) is 5.97. The van der Waals surface area contributed by atoms with Crippen molar-refractivity contribution in [2.45, 2.75) is 18.7 Å². The normalized spacial score (nSPS) is 17.4. The Kier molecular flexibility index (Phi) is 4.76. The first kappa shape index (κ1) is 18.0. The molecule has 3 rings (SSSR count). The highest BCUT2D eigenvalue weighted by atomic mass is 19.4. The SMILES string of the molecule is O=C(O)c1ccc(N2CC[C@H](Oc3ccc(C(F)(F)F)cc3)C2)c(F)c1. The molecule has 0 saturated carbocycles. The minimum atomic E-state index is -4.40. The van der Waals surface area contributed by atoms with E-state index in [-0.39, 0.29) is 17.4 Å². The van der Waals surface area contributed by atoms with Crippen LogP contribution in [-0.4, -0.2) is 30.3 Å². The van der Waals surface area contributed by atoms with Gasteiger partial charge in [-0.05, 0) is 42.5 Å². The number of carbonyl (C=O) groups is 1. The van der Waals surface area contributed by atoms with Crippen molar-refractivity contribution in [1.29, 1.82) is 0 Å². The Morgan fingerprint density at radius 1 is 1.15 bits per heavy atom. The van der Waals surface area contributed by atoms with Crippen LogP contribution in [0.3, 0.4) is 0 Å². The van der Waals surface area contributed by atoms with Gasteiger partial charge in [0.05, 0.1) is 23.4 Å². The van der Waals surface area contributed by atoms with Gasteiger partial charge in [-0.2, -0.15) is 13.2 Å². The van der Waals surface area contributed by atoms with E-state index in [9.17, 15) is 22.4 Å². The molecule has 0 bridgehead atoms. The van der Waals surface area contributed by atoms with Gasteiger partial charge < -0.3 is 14.7 Å². The van der Waals surface area contributed by atoms with E-state index in [1.807, 2.05) is 0 Å². The topological polar surface area (TPSA) is 49.8 Å². The summed E-state index contributed by atoms with van der Waals surface area (Å²) in [4.78, 5) is 12.6. The number of halogens is 4. The van der Waals surface area contributed by atoms with E-state index in [0.29, 0.717) is 25.3 Å². The highest BCUT2D eigenvalue weighted by molar-refractivity contribution is 5.88. The van der Waals surface area contributed by atoms with Crippen LogP contribution in [0.4, 0.5) is 23.2 Å². The van der Waals surface area contributed by atoms with E-state index in [1.165, 1.54) is 24.3 Å². The zero-order valence-corrected chi connectivity index (χ0v) is 13.5. The predicted octanol–water partition coefficient (Wildman–Crippen LogP) is 4.20. The molecule has 4 nitrogen and oxygen atoms in total. The summed E-state index contributed by atoms with van der Waals surface area (Å²) in [5.74, 6) is -1.54. The van der Waals surface area contributed by atoms with Crippen LogP contribution in [0, 0.1) is 5.82 Å². The zero-order valence-electron chi connectivity index (χ0n) is 13.5. The molecule has 0 unspecified atom stereocenters. The molecule has 1 atom stereocenters. The number of alkyl halides is 3. The number of anilines is 1. The van der Waals surface area contributed by atoms with E-state index in [2.05, 4.69) is 0 Å². The number of carboxylic acid groups (broad SMARTS) is 1. The molecule has 0 spiro atoms. The zero-order chi connectivity index (χ0) is 18.9. The number of carboxylic acids is 1. The van der Waals surface area contributed by atoms with Crippen molar-refractivity contribution < 1.29 is 32.2 Å². The predicted molar refractivity (Wildman–Crippen MR) is 86.0 cm³/mol. The van der Waals surface area contributed by atoms with Crippen LogP contribution >= 0.6 is 0 Å². The molecule has 2 aromatic carbocycles. The summed E-state index contributed by atoms with van der Waals surface area (Å²) in [7, 11) is 0. The molecule has 1 aliphatic rings. The van der Waals surface area contributed by atoms with Crippen LogP contribution in [0.15, 0.2) is 42.5 Å². The maximum atomic E-state index is 14.1. The summed E-state index contributed by atoms with van der Waals surface area (Å²) < 4.78 is 57.5. The first-order valence-corrected chi connectivity index (χ1v) is 7.86. The third-order valence-corrected chi connectivity index (χ3v) is 4.16. The molecule has 1 saturated heterocycles. The van der Waals surface area contributed by atoms with E-state index >= 15 is 0 Å². The average molecular weight is 369 g/mol. The van der Waals surface area contributed by atoms with Gasteiger partial charge in [0.2, 0.25) is 0 Å². The van der Waals surface area contributed by atoms with Gasteiger partial charge in [0, 0.05) is 13.0 Å². The quantitative estimate of drug-likeness (QED) is 0.821. The highest BCUT2D eigenvalue weighted by Gasteiger charge is 2.30. The monoisotopic (exact) mass is 369 g/mol. The molecule has 2 aromatic rings. The lowest BCUT2D eigenvalue weighted by atomic mass is 10.2. The lowest BCUT2D eigenvalue weighted by Gasteiger charge is -2.20. The Morgan fingerprint density at radius 2 is 1.85 bits per heavy atom. The summed E-state index contributed by atoms with van der Waals surface area (Å²) in [5, 5.41) is 8.87. The van der Waals surface area contributed by atoms with Crippen LogP contribution in [0.25, 0.3) is 0 Å². The fraction of sp³-hybridized carbons (Fsp3) is 0.278. The van der Waals surface area contributed by atoms with Crippen LogP contribution < -0.4 is 9.64 Å². The first-order chi connectivity index (χ1) is 12.2. The molecule has 26 heavy (non-hydrogen) atoms. The number of rotatable bonds is 4. The van der Waals surface area contributed by atoms with Crippen molar-refractivity contribution >= 4 is 11.7 Å². The van der Waals surface area contributed by atoms with E-state index in [0.717, 1.165) is 18.2 Å². The van der Waals surface area contributed by atoms with Crippen LogP contribution in [0.5, 0.6) is 5.75 Å². The summed E-state index contributed by atoms with van der Waals surface area (Å²) in [5.41, 5.74) is -0.616. The molecule has 0 amide bonds. The van der Waals surface area contributed by atoms with Gasteiger partial charge in [0.25, 0.3) is 0 Å². The Labute approximate surface area is 146 Å². The molecule has 1 aliphatic heterocycles. The van der Waals surface area contributed by atoms with Gasteiger partial charge in [-0.1, -0.05) is 0 Å². The lowest BCUT2D eigenvalue weighted by molar-refractivity contribution is -0.137. The largest absolute Gasteiger partial charge is 0.489 e. The first-order valence-electron chi connectivity index (χ1n) is 7.86. The summed E-state index contributed by atoms with van der Waals surface area (Å²) in [6.45, 7) is 0.846. The van der Waals surface area contributed by atoms with Crippen molar-refractivity contribution in [3.05, 3.63) is 59.4 Å². The molecule has 0 radical (unpaired) electrons. The second kappa shape index (κ2) is 6.86. The molecule has 1 heterocycles. The molecular formula is C18H15F4NO3. The van der Waals surface area contributed by atoms with Crippen molar-refractivity contribution in [3.63, 3.8) is 0 Å². The van der Waals surface area contributed by atoms with Gasteiger partial charge in [0.1, 0.15) is 17.7 Å². The highest BCUT2D eigenvalue weighted by Crippen LogP contribution is 2.31. The molecule has 138 valence electrons. The number of hydrogen-bond acceptors (Lipinski definition) is 3. The van der Waals surface area contributed by atoms with Crippen molar-refractivity contribution in [1.82, 2.24) is 0 Å². The Balaban J connectivity index is 1.65. The molecular weight excluding hydrogens is 354 g/mol. The molecule has 1 fully saturated rings. The maximum Gasteiger partial charge on any atom is 0.416 e. The summed E-state index contributed by atoms with van der Waals surface area (Å²) in [6, 6.07) is 8.10. The van der Waals surface area contributed by atoms with Crippen LogP contribution in [0.1, 0.15) is 22.3 Å². The molecule has 0 aromatic heterocycles. The van der Waals surface area contributed by atoms with Gasteiger partial charge in [-0.3, -0.25) is 0 Å². The average Bonchev–Trinajstić information content (AvgIpc) is 3.02. The standard InChI is InChI=1S/C18H15F4NO3/c19-15-9-11(17(24)25)1-6-16(15)23-8-7-14(10-23)26-13-4-2-12(3-5-13)18(20,21)22/h1-6,9,14H,7-8,10H2,(H,24,25)/t14-/m0/s1. The third kappa shape index (κ3) is 3.89. The smallest absolute Gasteiger partial charge is 0.416 e. The van der Waals surface area contributed by atoms with Crippen LogP contribution in [-0.2, 0) is 6.18 Å². The number of nitrogens with zero attached hydrogens (tertiary/aromatic N) is 1. The molecule has 0 aliphatic carbocycles. The fourth-order valence-corrected chi connectivity index (χ4v) is 2.85. The van der Waals surface area contributed by atoms with Gasteiger partial charge in [-0.25, -0.2) is 9.18 Å². The minimum Gasteiger partial charge on any atom is -0.489 e. The number of aromatic carboxylic acids is 1. The lowest BCUT2D eigenvalue weighted by Crippen LogP contribution is -2.25. The molecule has 8 heteroatoms. The Hall–Kier alpha value is -2.77. The van der Waals surface area contributed by atoms with Gasteiger partial charge in [-0.15, -0.1) is 0 Å². The van der Waals surface area contributed by atoms with Crippen molar-refractivity contribution in [3.8, 4) is 5.75 Å². The van der Waals surface area contributed by atoms with Crippen LogP contribution in [0.2, 0.25) is 0 Å². The number of ether oxygens (including phenoxy) is 1. The molecule has 1 N–H and O–H groups in total. The van der Waals surface area contributed by atoms with Gasteiger partial charge >= 0.3 is 12.1 Å². The number of benzene rings is 2. The number of hydrogen-bond donors (Lipinski definition) is 1. The summed E-state index contributed by atoms with van der Waals surface area (Å²) >= 11 is 0. The minimum absolute atomic E-state index is 0.136. The second-order valence-electron chi connectivity index (χ2n) is 5.97. The van der Waals surface area contributed by atoms with Gasteiger partial charge in [0.15, 0.2) is 0 Å². The third-order valence-electron chi connectivity index (χ3n) is 4.16. The Bertz CT molecular complexity index is 805. The van der Waals surface area contributed by atoms with E-state index in [4.69, 9.17) is 9.84 Å².